The first-order chi connectivity index (χ1) is 9.17. The van der Waals surface area contributed by atoms with Crippen LogP contribution in [0.25, 0.3) is 0 Å². The summed E-state index contributed by atoms with van der Waals surface area (Å²) in [5.74, 6) is 1.07. The molecule has 1 amide bonds. The zero-order chi connectivity index (χ0) is 13.7. The van der Waals surface area contributed by atoms with Gasteiger partial charge in [-0.2, -0.15) is 0 Å². The van der Waals surface area contributed by atoms with Crippen LogP contribution in [0.2, 0.25) is 0 Å². The number of nitrogens with zero attached hydrogens (tertiary/aromatic N) is 1. The van der Waals surface area contributed by atoms with Gasteiger partial charge in [0.05, 0.1) is 6.54 Å². The first-order valence-corrected chi connectivity index (χ1v) is 7.86. The maximum Gasteiger partial charge on any atom is 0.234 e. The quantitative estimate of drug-likeness (QED) is 0.808. The number of piperidine rings is 1. The average Bonchev–Trinajstić information content (AvgIpc) is 2.42. The number of hydrogen-bond donors (Lipinski definition) is 2. The summed E-state index contributed by atoms with van der Waals surface area (Å²) in [5.41, 5.74) is 0. The lowest BCUT2D eigenvalue weighted by Crippen LogP contribution is -2.47. The van der Waals surface area contributed by atoms with Gasteiger partial charge in [-0.05, 0) is 51.5 Å². The van der Waals surface area contributed by atoms with Crippen molar-refractivity contribution in [3.8, 4) is 0 Å². The molecule has 0 spiro atoms. The van der Waals surface area contributed by atoms with Crippen molar-refractivity contribution in [3.63, 3.8) is 0 Å². The van der Waals surface area contributed by atoms with E-state index in [2.05, 4.69) is 22.5 Å². The molecule has 19 heavy (non-hydrogen) atoms. The fourth-order valence-corrected chi connectivity index (χ4v) is 3.26. The Labute approximate surface area is 117 Å². The molecule has 2 aliphatic rings. The summed E-state index contributed by atoms with van der Waals surface area (Å²) in [6.45, 7) is 4.98. The van der Waals surface area contributed by atoms with Crippen molar-refractivity contribution >= 4 is 5.91 Å². The number of carbonyl (C=O) groups is 1. The third-order valence-corrected chi connectivity index (χ3v) is 4.74. The number of amides is 1. The molecule has 0 aromatic rings. The van der Waals surface area contributed by atoms with Crippen molar-refractivity contribution in [2.24, 2.45) is 5.92 Å². The first kappa shape index (κ1) is 14.8. The monoisotopic (exact) mass is 267 g/mol. The number of likely N-dealkylation sites (tertiary alicyclic amines) is 1. The molecule has 0 aromatic carbocycles. The lowest BCUT2D eigenvalue weighted by atomic mass is 9.87. The van der Waals surface area contributed by atoms with Gasteiger partial charge < -0.3 is 10.6 Å². The summed E-state index contributed by atoms with van der Waals surface area (Å²) >= 11 is 0. The number of hydrogen-bond acceptors (Lipinski definition) is 3. The van der Waals surface area contributed by atoms with Gasteiger partial charge in [-0.3, -0.25) is 9.69 Å². The normalized spacial score (nSPS) is 30.2. The standard InChI is InChI=1S/C15H29N3O/c1-12-3-5-14(6-4-12)17-15(19)11-18-9-7-13(16-2)8-10-18/h12-14,16H,3-11H2,1-2H3,(H,17,19). The molecule has 4 nitrogen and oxygen atoms in total. The summed E-state index contributed by atoms with van der Waals surface area (Å²) in [6, 6.07) is 1.07. The minimum atomic E-state index is 0.225. The van der Waals surface area contributed by atoms with Gasteiger partial charge in [0, 0.05) is 25.2 Å². The highest BCUT2D eigenvalue weighted by atomic mass is 16.2. The van der Waals surface area contributed by atoms with Crippen molar-refractivity contribution < 1.29 is 4.79 Å². The Morgan fingerprint density at radius 3 is 2.26 bits per heavy atom. The van der Waals surface area contributed by atoms with Gasteiger partial charge in [-0.15, -0.1) is 0 Å². The Balaban J connectivity index is 1.64. The Hall–Kier alpha value is -0.610. The van der Waals surface area contributed by atoms with Crippen molar-refractivity contribution in [1.82, 2.24) is 15.5 Å². The SMILES string of the molecule is CNC1CCN(CC(=O)NC2CCC(C)CC2)CC1. The van der Waals surface area contributed by atoms with Gasteiger partial charge in [-0.25, -0.2) is 0 Å². The molecule has 0 aromatic heterocycles. The number of rotatable bonds is 4. The summed E-state index contributed by atoms with van der Waals surface area (Å²) < 4.78 is 0. The molecule has 0 unspecified atom stereocenters. The summed E-state index contributed by atoms with van der Waals surface area (Å²) in [5, 5.41) is 6.54. The van der Waals surface area contributed by atoms with Gasteiger partial charge >= 0.3 is 0 Å². The first-order valence-electron chi connectivity index (χ1n) is 7.86. The predicted molar refractivity (Wildman–Crippen MR) is 78.1 cm³/mol. The molecular weight excluding hydrogens is 238 g/mol. The third kappa shape index (κ3) is 4.77. The highest BCUT2D eigenvalue weighted by molar-refractivity contribution is 5.78. The predicted octanol–water partition coefficient (Wildman–Crippen LogP) is 1.37. The molecule has 1 aliphatic heterocycles. The highest BCUT2D eigenvalue weighted by Gasteiger charge is 2.22. The molecule has 1 saturated carbocycles. The molecular formula is C15H29N3O. The van der Waals surface area contributed by atoms with Crippen LogP contribution in [-0.4, -0.2) is 49.6 Å². The molecule has 2 fully saturated rings. The molecule has 0 atom stereocenters. The van der Waals surface area contributed by atoms with E-state index in [0.29, 0.717) is 18.6 Å². The van der Waals surface area contributed by atoms with Crippen LogP contribution in [0.5, 0.6) is 0 Å². The molecule has 2 rings (SSSR count). The van der Waals surface area contributed by atoms with Crippen molar-refractivity contribution in [2.75, 3.05) is 26.7 Å². The smallest absolute Gasteiger partial charge is 0.234 e. The van der Waals surface area contributed by atoms with Crippen molar-refractivity contribution in [2.45, 2.75) is 57.5 Å². The van der Waals surface area contributed by atoms with E-state index in [9.17, 15) is 4.79 Å². The molecule has 0 bridgehead atoms. The van der Waals surface area contributed by atoms with Gasteiger partial charge in [-0.1, -0.05) is 6.92 Å². The minimum Gasteiger partial charge on any atom is -0.352 e. The average molecular weight is 267 g/mol. The van der Waals surface area contributed by atoms with Gasteiger partial charge in [0.1, 0.15) is 0 Å². The topological polar surface area (TPSA) is 44.4 Å². The molecule has 4 heteroatoms. The summed E-state index contributed by atoms with van der Waals surface area (Å²) in [4.78, 5) is 14.3. The second-order valence-electron chi connectivity index (χ2n) is 6.36. The highest BCUT2D eigenvalue weighted by Crippen LogP contribution is 2.23. The van der Waals surface area contributed by atoms with E-state index in [1.807, 2.05) is 7.05 Å². The zero-order valence-electron chi connectivity index (χ0n) is 12.5. The fraction of sp³-hybridized carbons (Fsp3) is 0.933. The fourth-order valence-electron chi connectivity index (χ4n) is 3.26. The summed E-state index contributed by atoms with van der Waals surface area (Å²) in [7, 11) is 2.02. The minimum absolute atomic E-state index is 0.225. The van der Waals surface area contributed by atoms with Crippen LogP contribution in [0.15, 0.2) is 0 Å². The Morgan fingerprint density at radius 1 is 1.05 bits per heavy atom. The molecule has 110 valence electrons. The lowest BCUT2D eigenvalue weighted by molar-refractivity contribution is -0.123. The van der Waals surface area contributed by atoms with Crippen LogP contribution >= 0.6 is 0 Å². The lowest BCUT2D eigenvalue weighted by Gasteiger charge is -2.32. The molecule has 1 saturated heterocycles. The molecule has 0 radical (unpaired) electrons. The third-order valence-electron chi connectivity index (χ3n) is 4.74. The molecule has 2 N–H and O–H groups in total. The van der Waals surface area contributed by atoms with Gasteiger partial charge in [0.15, 0.2) is 0 Å². The van der Waals surface area contributed by atoms with E-state index in [1.165, 1.54) is 12.8 Å². The van der Waals surface area contributed by atoms with Crippen molar-refractivity contribution in [1.29, 1.82) is 0 Å². The molecule has 1 aliphatic carbocycles. The van der Waals surface area contributed by atoms with Crippen molar-refractivity contribution in [3.05, 3.63) is 0 Å². The van der Waals surface area contributed by atoms with E-state index in [4.69, 9.17) is 0 Å². The van der Waals surface area contributed by atoms with Gasteiger partial charge in [0.2, 0.25) is 5.91 Å². The van der Waals surface area contributed by atoms with Crippen LogP contribution in [-0.2, 0) is 4.79 Å². The Morgan fingerprint density at radius 2 is 1.68 bits per heavy atom. The largest absolute Gasteiger partial charge is 0.352 e. The van der Waals surface area contributed by atoms with Crippen LogP contribution in [0, 0.1) is 5.92 Å². The summed E-state index contributed by atoms with van der Waals surface area (Å²) in [6.07, 6.45) is 7.16. The zero-order valence-corrected chi connectivity index (χ0v) is 12.5. The Kier molecular flexibility index (Phi) is 5.64. The maximum atomic E-state index is 12.0. The number of nitrogens with one attached hydrogen (secondary N) is 2. The van der Waals surface area contributed by atoms with E-state index in [-0.39, 0.29) is 5.91 Å². The molecule has 1 heterocycles. The second-order valence-corrected chi connectivity index (χ2v) is 6.36. The Bertz CT molecular complexity index is 279. The number of carbonyl (C=O) groups excluding carboxylic acids is 1. The maximum absolute atomic E-state index is 12.0. The van der Waals surface area contributed by atoms with Crippen LogP contribution < -0.4 is 10.6 Å². The van der Waals surface area contributed by atoms with Gasteiger partial charge in [0.25, 0.3) is 0 Å². The van der Waals surface area contributed by atoms with E-state index in [0.717, 1.165) is 44.7 Å². The van der Waals surface area contributed by atoms with E-state index < -0.39 is 0 Å². The van der Waals surface area contributed by atoms with Crippen LogP contribution in [0.3, 0.4) is 0 Å². The van der Waals surface area contributed by atoms with E-state index >= 15 is 0 Å². The van der Waals surface area contributed by atoms with E-state index in [1.54, 1.807) is 0 Å². The van der Waals surface area contributed by atoms with Crippen LogP contribution in [0.4, 0.5) is 0 Å². The second kappa shape index (κ2) is 7.25. The van der Waals surface area contributed by atoms with Crippen LogP contribution in [0.1, 0.15) is 45.4 Å².